The first kappa shape index (κ1) is 21.1. The summed E-state index contributed by atoms with van der Waals surface area (Å²) in [5.41, 5.74) is 1.92. The van der Waals surface area contributed by atoms with Gasteiger partial charge in [-0.2, -0.15) is 0 Å². The predicted octanol–water partition coefficient (Wildman–Crippen LogP) is 2.16. The summed E-state index contributed by atoms with van der Waals surface area (Å²) in [5.74, 6) is 0.325. The molecule has 2 heterocycles. The number of methoxy groups -OCH3 is 2. The molecule has 0 spiro atoms. The number of fused-ring (bicyclic) bond motifs is 1. The lowest BCUT2D eigenvalue weighted by Gasteiger charge is -2.22. The Morgan fingerprint density at radius 3 is 2.59 bits per heavy atom. The van der Waals surface area contributed by atoms with Gasteiger partial charge in [0.2, 0.25) is 0 Å². The largest absolute Gasteiger partial charge is 0.493 e. The Bertz CT molecular complexity index is 909. The van der Waals surface area contributed by atoms with E-state index in [2.05, 4.69) is 12.2 Å². The summed E-state index contributed by atoms with van der Waals surface area (Å²) < 4.78 is 15.8. The molecule has 2 N–H and O–H groups in total. The normalized spacial score (nSPS) is 15.4. The van der Waals surface area contributed by atoms with Gasteiger partial charge in [0.05, 0.1) is 44.4 Å². The van der Waals surface area contributed by atoms with Crippen molar-refractivity contribution < 1.29 is 28.7 Å². The molecule has 1 unspecified atom stereocenters. The van der Waals surface area contributed by atoms with Gasteiger partial charge in [-0.25, -0.2) is 4.79 Å². The van der Waals surface area contributed by atoms with Crippen LogP contribution < -0.4 is 19.7 Å². The van der Waals surface area contributed by atoms with Crippen molar-refractivity contribution in [3.8, 4) is 11.5 Å². The Hall–Kier alpha value is -2.58. The van der Waals surface area contributed by atoms with E-state index in [1.165, 1.54) is 23.3 Å². The summed E-state index contributed by atoms with van der Waals surface area (Å²) in [5, 5.41) is 3.46. The second kappa shape index (κ2) is 9.28. The number of quaternary nitrogens is 1. The first-order chi connectivity index (χ1) is 14.0. The van der Waals surface area contributed by atoms with E-state index in [4.69, 9.17) is 14.2 Å². The van der Waals surface area contributed by atoms with Gasteiger partial charge >= 0.3 is 5.97 Å². The molecule has 1 atom stereocenters. The molecule has 7 nitrogen and oxygen atoms in total. The lowest BCUT2D eigenvalue weighted by atomic mass is 10.0. The number of ether oxygens (including phenoxy) is 3. The number of carbonyl (C=O) groups is 2. The highest BCUT2D eigenvalue weighted by Crippen LogP contribution is 2.36. The monoisotopic (exact) mass is 419 g/mol. The molecular weight excluding hydrogens is 392 g/mol. The highest BCUT2D eigenvalue weighted by Gasteiger charge is 2.31. The number of rotatable bonds is 7. The number of benzene rings is 1. The molecule has 0 aliphatic carbocycles. The van der Waals surface area contributed by atoms with Crippen molar-refractivity contribution in [3.63, 3.8) is 0 Å². The fourth-order valence-electron chi connectivity index (χ4n) is 3.50. The minimum atomic E-state index is -0.382. The molecule has 2 aromatic rings. The molecule has 0 radical (unpaired) electrons. The Balaban J connectivity index is 1.93. The van der Waals surface area contributed by atoms with Crippen molar-refractivity contribution in [2.24, 2.45) is 0 Å². The molecule has 29 heavy (non-hydrogen) atoms. The van der Waals surface area contributed by atoms with E-state index >= 15 is 0 Å². The van der Waals surface area contributed by atoms with Gasteiger partial charge in [-0.05, 0) is 37.6 Å². The van der Waals surface area contributed by atoms with Crippen LogP contribution in [0.25, 0.3) is 0 Å². The van der Waals surface area contributed by atoms with Crippen LogP contribution in [0, 0.1) is 0 Å². The van der Waals surface area contributed by atoms with Crippen LogP contribution in [0.3, 0.4) is 0 Å². The minimum absolute atomic E-state index is 0.291. The van der Waals surface area contributed by atoms with Crippen LogP contribution in [0.4, 0.5) is 5.00 Å². The number of hydrogen-bond donors (Lipinski definition) is 2. The van der Waals surface area contributed by atoms with Gasteiger partial charge in [0.1, 0.15) is 11.5 Å². The fraction of sp³-hybridized carbons (Fsp3) is 0.429. The van der Waals surface area contributed by atoms with E-state index < -0.39 is 0 Å². The molecule has 1 aliphatic rings. The van der Waals surface area contributed by atoms with E-state index in [9.17, 15) is 9.59 Å². The van der Waals surface area contributed by atoms with Gasteiger partial charge in [0.15, 0.2) is 11.5 Å². The highest BCUT2D eigenvalue weighted by atomic mass is 32.1. The number of amides is 1. The third-order valence-electron chi connectivity index (χ3n) is 5.08. The number of esters is 1. The Morgan fingerprint density at radius 1 is 1.17 bits per heavy atom. The number of thiophene rings is 1. The molecule has 156 valence electrons. The molecule has 1 amide bonds. The molecule has 1 aromatic carbocycles. The summed E-state index contributed by atoms with van der Waals surface area (Å²) in [6.45, 7) is 7.07. The fourth-order valence-corrected chi connectivity index (χ4v) is 4.80. The molecule has 0 fully saturated rings. The third kappa shape index (κ3) is 4.38. The Labute approximate surface area is 174 Å². The van der Waals surface area contributed by atoms with E-state index in [1.54, 1.807) is 32.2 Å². The number of hydrogen-bond acceptors (Lipinski definition) is 6. The molecule has 1 aliphatic heterocycles. The maximum Gasteiger partial charge on any atom is 0.341 e. The van der Waals surface area contributed by atoms with Gasteiger partial charge in [-0.1, -0.05) is 0 Å². The summed E-state index contributed by atoms with van der Waals surface area (Å²) >= 11 is 1.47. The maximum atomic E-state index is 12.9. The topological polar surface area (TPSA) is 78.3 Å². The summed E-state index contributed by atoms with van der Waals surface area (Å²) in [6, 6.07) is 4.97. The summed E-state index contributed by atoms with van der Waals surface area (Å²) in [7, 11) is 3.06. The molecule has 3 rings (SSSR count). The van der Waals surface area contributed by atoms with Gasteiger partial charge in [-0.3, -0.25) is 4.79 Å². The first-order valence-electron chi connectivity index (χ1n) is 9.70. The van der Waals surface area contributed by atoms with E-state index in [0.29, 0.717) is 34.2 Å². The second-order valence-electron chi connectivity index (χ2n) is 6.73. The van der Waals surface area contributed by atoms with Crippen LogP contribution in [0.15, 0.2) is 18.2 Å². The Morgan fingerprint density at radius 2 is 1.93 bits per heavy atom. The van der Waals surface area contributed by atoms with Crippen LogP contribution in [0.1, 0.15) is 45.0 Å². The van der Waals surface area contributed by atoms with Crippen molar-refractivity contribution in [3.05, 3.63) is 39.8 Å². The van der Waals surface area contributed by atoms with Gasteiger partial charge in [-0.15, -0.1) is 11.3 Å². The van der Waals surface area contributed by atoms with E-state index in [0.717, 1.165) is 36.5 Å². The zero-order chi connectivity index (χ0) is 21.0. The van der Waals surface area contributed by atoms with Gasteiger partial charge in [0.25, 0.3) is 5.91 Å². The molecule has 0 bridgehead atoms. The van der Waals surface area contributed by atoms with Gasteiger partial charge in [0, 0.05) is 12.0 Å². The zero-order valence-corrected chi connectivity index (χ0v) is 18.0. The smallest absolute Gasteiger partial charge is 0.341 e. The quantitative estimate of drug-likeness (QED) is 0.673. The van der Waals surface area contributed by atoms with Crippen molar-refractivity contribution >= 4 is 28.2 Å². The summed E-state index contributed by atoms with van der Waals surface area (Å²) in [4.78, 5) is 28.1. The number of likely N-dealkylation sites (N-methyl/N-ethyl adjacent to an activating group) is 1. The first-order valence-corrected chi connectivity index (χ1v) is 10.5. The van der Waals surface area contributed by atoms with Crippen LogP contribution in [0.5, 0.6) is 11.5 Å². The third-order valence-corrected chi connectivity index (χ3v) is 6.23. The van der Waals surface area contributed by atoms with Crippen LogP contribution in [0.2, 0.25) is 0 Å². The number of anilines is 1. The summed E-state index contributed by atoms with van der Waals surface area (Å²) in [6.07, 6.45) is 0.801. The lowest BCUT2D eigenvalue weighted by Crippen LogP contribution is -3.11. The van der Waals surface area contributed by atoms with Crippen LogP contribution >= 0.6 is 11.3 Å². The highest BCUT2D eigenvalue weighted by molar-refractivity contribution is 7.17. The zero-order valence-electron chi connectivity index (χ0n) is 17.2. The lowest BCUT2D eigenvalue weighted by molar-refractivity contribution is -0.913. The number of carbonyl (C=O) groups excluding carboxylic acids is 2. The van der Waals surface area contributed by atoms with Crippen molar-refractivity contribution in [1.29, 1.82) is 0 Å². The molecule has 8 heteroatoms. The van der Waals surface area contributed by atoms with E-state index in [1.807, 2.05) is 0 Å². The van der Waals surface area contributed by atoms with Crippen molar-refractivity contribution in [2.75, 3.05) is 39.2 Å². The minimum Gasteiger partial charge on any atom is -0.493 e. The van der Waals surface area contributed by atoms with E-state index in [-0.39, 0.29) is 11.9 Å². The van der Waals surface area contributed by atoms with Gasteiger partial charge < -0.3 is 24.4 Å². The number of nitrogens with one attached hydrogen (secondary N) is 2. The average Bonchev–Trinajstić information content (AvgIpc) is 3.09. The molecule has 1 aromatic heterocycles. The standard InChI is InChI=1S/C21H26N2O5S/c1-5-23-10-9-14-17(12-23)29-20(18(14)21(25)28-6-2)22-19(24)13-7-8-15(26-3)16(11-13)27-4/h7-8,11H,5-6,9-10,12H2,1-4H3,(H,22,24)/p+1. The molecule has 0 saturated heterocycles. The second-order valence-corrected chi connectivity index (χ2v) is 7.84. The molecular formula is C21H27N2O5S+. The SMILES string of the molecule is CCOC(=O)c1c(NC(=O)c2ccc(OC)c(OC)c2)sc2c1CC[NH+](CC)C2. The predicted molar refractivity (Wildman–Crippen MR) is 112 cm³/mol. The van der Waals surface area contributed by atoms with Crippen molar-refractivity contribution in [1.82, 2.24) is 0 Å². The van der Waals surface area contributed by atoms with Crippen LogP contribution in [-0.2, 0) is 17.7 Å². The Kier molecular flexibility index (Phi) is 6.76. The van der Waals surface area contributed by atoms with Crippen molar-refractivity contribution in [2.45, 2.75) is 26.8 Å². The van der Waals surface area contributed by atoms with Crippen LogP contribution in [-0.4, -0.2) is 45.8 Å². The maximum absolute atomic E-state index is 12.9. The molecule has 0 saturated carbocycles. The average molecular weight is 420 g/mol.